The lowest BCUT2D eigenvalue weighted by Crippen LogP contribution is -2.59. The summed E-state index contributed by atoms with van der Waals surface area (Å²) >= 11 is 6.33. The molecule has 9 heteroatoms. The molecule has 39 heavy (non-hydrogen) atoms. The minimum absolute atomic E-state index is 0.111. The number of ether oxygens (including phenoxy) is 1. The Bertz CT molecular complexity index is 1170. The number of alkyl halides is 3. The fraction of sp³-hybridized carbons (Fsp3) is 0.533. The minimum atomic E-state index is -4.89. The van der Waals surface area contributed by atoms with E-state index in [9.17, 15) is 22.8 Å². The van der Waals surface area contributed by atoms with Gasteiger partial charge in [-0.3, -0.25) is 9.59 Å². The highest BCUT2D eigenvalue weighted by atomic mass is 35.5. The zero-order chi connectivity index (χ0) is 28.4. The molecule has 2 aromatic rings. The average Bonchev–Trinajstić information content (AvgIpc) is 2.88. The van der Waals surface area contributed by atoms with Crippen LogP contribution in [-0.2, 0) is 21.6 Å². The van der Waals surface area contributed by atoms with Crippen molar-refractivity contribution in [2.75, 3.05) is 34.3 Å². The maximum Gasteiger partial charge on any atom is 0.430 e. The van der Waals surface area contributed by atoms with E-state index in [4.69, 9.17) is 16.3 Å². The first-order valence-electron chi connectivity index (χ1n) is 13.4. The van der Waals surface area contributed by atoms with Crippen molar-refractivity contribution in [2.45, 2.75) is 56.7 Å². The SMILES string of the molecule is CO[C@@](C(=O)N1CCC2(CC1)CC(CCCc1ccc(C(=O)N(C)C)c(Cl)c1)C2)(c1ccccc1)C(F)(F)F. The summed E-state index contributed by atoms with van der Waals surface area (Å²) < 4.78 is 47.9. The number of likely N-dealkylation sites (tertiary alicyclic amines) is 1. The molecule has 0 bridgehead atoms. The number of carbonyl (C=O) groups is 2. The van der Waals surface area contributed by atoms with Crippen LogP contribution in [0.25, 0.3) is 0 Å². The molecule has 5 nitrogen and oxygen atoms in total. The van der Waals surface area contributed by atoms with Crippen LogP contribution >= 0.6 is 11.6 Å². The predicted octanol–water partition coefficient (Wildman–Crippen LogP) is 6.49. The lowest BCUT2D eigenvalue weighted by Gasteiger charge is -2.53. The van der Waals surface area contributed by atoms with Crippen LogP contribution < -0.4 is 0 Å². The standard InChI is InChI=1S/C30H36ClF3N2O3/c1-35(2)26(37)24-13-12-21(18-25(24)31)8-7-9-22-19-28(20-22)14-16-36(17-15-28)27(38)29(39-3,30(32,33)34)23-10-5-4-6-11-23/h4-6,10-13,18,22H,7-9,14-17,19-20H2,1-3H3/t29-/m1/s1. The molecule has 4 rings (SSSR count). The van der Waals surface area contributed by atoms with Gasteiger partial charge in [0, 0.05) is 39.9 Å². The van der Waals surface area contributed by atoms with Crippen LogP contribution in [0.1, 0.15) is 60.0 Å². The molecule has 0 aromatic heterocycles. The van der Waals surface area contributed by atoms with Crippen LogP contribution in [0.5, 0.6) is 0 Å². The van der Waals surface area contributed by atoms with Gasteiger partial charge in [0.25, 0.3) is 17.4 Å². The molecule has 2 amide bonds. The molecule has 2 fully saturated rings. The Balaban J connectivity index is 1.28. The monoisotopic (exact) mass is 564 g/mol. The topological polar surface area (TPSA) is 49.9 Å². The first-order valence-corrected chi connectivity index (χ1v) is 13.8. The van der Waals surface area contributed by atoms with Gasteiger partial charge in [0.15, 0.2) is 0 Å². The second-order valence-corrected chi connectivity index (χ2v) is 11.6. The van der Waals surface area contributed by atoms with Crippen LogP contribution in [0.15, 0.2) is 48.5 Å². The van der Waals surface area contributed by atoms with E-state index in [1.807, 2.05) is 12.1 Å². The third-order valence-electron chi connectivity index (χ3n) is 8.49. The number of benzene rings is 2. The summed E-state index contributed by atoms with van der Waals surface area (Å²) in [7, 11) is 4.34. The first-order chi connectivity index (χ1) is 18.4. The molecule has 2 aliphatic rings. The van der Waals surface area contributed by atoms with Gasteiger partial charge in [-0.15, -0.1) is 0 Å². The van der Waals surface area contributed by atoms with E-state index < -0.39 is 17.7 Å². The van der Waals surface area contributed by atoms with Crippen LogP contribution in [0.3, 0.4) is 0 Å². The number of amides is 2. The third kappa shape index (κ3) is 5.82. The van der Waals surface area contributed by atoms with E-state index in [2.05, 4.69) is 0 Å². The van der Waals surface area contributed by atoms with E-state index in [1.165, 1.54) is 34.1 Å². The first kappa shape index (κ1) is 29.4. The lowest BCUT2D eigenvalue weighted by molar-refractivity contribution is -0.271. The average molecular weight is 565 g/mol. The second-order valence-electron chi connectivity index (χ2n) is 11.2. The maximum absolute atomic E-state index is 14.3. The number of halogens is 4. The Morgan fingerprint density at radius 2 is 1.72 bits per heavy atom. The van der Waals surface area contributed by atoms with Crippen molar-refractivity contribution in [1.82, 2.24) is 9.80 Å². The van der Waals surface area contributed by atoms with Gasteiger partial charge < -0.3 is 14.5 Å². The highest BCUT2D eigenvalue weighted by Gasteiger charge is 2.64. The fourth-order valence-electron chi connectivity index (χ4n) is 6.31. The Hall–Kier alpha value is -2.58. The lowest BCUT2D eigenvalue weighted by atomic mass is 9.56. The van der Waals surface area contributed by atoms with Crippen LogP contribution in [0.2, 0.25) is 5.02 Å². The summed E-state index contributed by atoms with van der Waals surface area (Å²) in [6.07, 6.45) is 1.55. The Morgan fingerprint density at radius 3 is 2.26 bits per heavy atom. The molecule has 0 radical (unpaired) electrons. The number of methoxy groups -OCH3 is 1. The smallest absolute Gasteiger partial charge is 0.356 e. The number of hydrogen-bond donors (Lipinski definition) is 0. The van der Waals surface area contributed by atoms with E-state index >= 15 is 0 Å². The molecule has 1 spiro atoms. The van der Waals surface area contributed by atoms with E-state index in [-0.39, 0.29) is 16.9 Å². The Kier molecular flexibility index (Phi) is 8.67. The number of nitrogens with zero attached hydrogens (tertiary/aromatic N) is 2. The molecule has 1 aliphatic heterocycles. The van der Waals surface area contributed by atoms with Gasteiger partial charge in [0.05, 0.1) is 10.6 Å². The van der Waals surface area contributed by atoms with Crippen LogP contribution in [-0.4, -0.2) is 62.1 Å². The van der Waals surface area contributed by atoms with Crippen molar-refractivity contribution < 1.29 is 27.5 Å². The van der Waals surface area contributed by atoms with E-state index in [0.717, 1.165) is 44.8 Å². The van der Waals surface area contributed by atoms with Gasteiger partial charge >= 0.3 is 6.18 Å². The molecular weight excluding hydrogens is 529 g/mol. The normalized spacial score (nSPS) is 18.9. The van der Waals surface area contributed by atoms with Gasteiger partial charge in [-0.2, -0.15) is 13.2 Å². The quantitative estimate of drug-likeness (QED) is 0.368. The number of hydrogen-bond acceptors (Lipinski definition) is 3. The van der Waals surface area contributed by atoms with Crippen molar-refractivity contribution in [1.29, 1.82) is 0 Å². The molecule has 1 saturated carbocycles. The molecule has 0 unspecified atom stereocenters. The van der Waals surface area contributed by atoms with Gasteiger partial charge in [-0.1, -0.05) is 54.4 Å². The molecule has 1 saturated heterocycles. The molecule has 2 aromatic carbocycles. The number of carbonyl (C=O) groups excluding carboxylic acids is 2. The largest absolute Gasteiger partial charge is 0.430 e. The van der Waals surface area contributed by atoms with Crippen molar-refractivity contribution in [3.63, 3.8) is 0 Å². The zero-order valence-corrected chi connectivity index (χ0v) is 23.4. The van der Waals surface area contributed by atoms with Gasteiger partial charge in [0.2, 0.25) is 0 Å². The zero-order valence-electron chi connectivity index (χ0n) is 22.7. The maximum atomic E-state index is 14.3. The van der Waals surface area contributed by atoms with Gasteiger partial charge in [-0.05, 0) is 67.6 Å². The van der Waals surface area contributed by atoms with Crippen LogP contribution in [0, 0.1) is 11.3 Å². The molecule has 1 heterocycles. The minimum Gasteiger partial charge on any atom is -0.356 e. The van der Waals surface area contributed by atoms with Gasteiger partial charge in [0.1, 0.15) is 0 Å². The van der Waals surface area contributed by atoms with Crippen molar-refractivity contribution in [3.05, 3.63) is 70.2 Å². The molecule has 0 N–H and O–H groups in total. The summed E-state index contributed by atoms with van der Waals surface area (Å²) in [6.45, 7) is 0.603. The summed E-state index contributed by atoms with van der Waals surface area (Å²) in [4.78, 5) is 28.3. The summed E-state index contributed by atoms with van der Waals surface area (Å²) in [5, 5.41) is 0.463. The highest BCUT2D eigenvalue weighted by Crippen LogP contribution is 2.54. The predicted molar refractivity (Wildman–Crippen MR) is 145 cm³/mol. The fourth-order valence-corrected chi connectivity index (χ4v) is 6.59. The third-order valence-corrected chi connectivity index (χ3v) is 8.80. The summed E-state index contributed by atoms with van der Waals surface area (Å²) in [6, 6.07) is 12.8. The van der Waals surface area contributed by atoms with Crippen molar-refractivity contribution in [3.8, 4) is 0 Å². The van der Waals surface area contributed by atoms with E-state index in [1.54, 1.807) is 26.2 Å². The molecule has 1 atom stereocenters. The van der Waals surface area contributed by atoms with E-state index in [0.29, 0.717) is 42.4 Å². The van der Waals surface area contributed by atoms with Gasteiger partial charge in [-0.25, -0.2) is 0 Å². The number of aryl methyl sites for hydroxylation is 1. The number of rotatable bonds is 8. The van der Waals surface area contributed by atoms with Crippen molar-refractivity contribution in [2.24, 2.45) is 11.3 Å². The summed E-state index contributed by atoms with van der Waals surface area (Å²) in [5.41, 5.74) is -1.49. The summed E-state index contributed by atoms with van der Waals surface area (Å²) in [5.74, 6) is -0.577. The highest BCUT2D eigenvalue weighted by molar-refractivity contribution is 6.33. The molecule has 212 valence electrons. The Labute approximate surface area is 233 Å². The number of piperidine rings is 1. The molecule has 1 aliphatic carbocycles. The van der Waals surface area contributed by atoms with Crippen molar-refractivity contribution >= 4 is 23.4 Å². The second kappa shape index (κ2) is 11.5. The molecular formula is C30H36ClF3N2O3. The Morgan fingerprint density at radius 1 is 1.08 bits per heavy atom. The van der Waals surface area contributed by atoms with Crippen LogP contribution in [0.4, 0.5) is 13.2 Å².